The predicted octanol–water partition coefficient (Wildman–Crippen LogP) is 3.91. The highest BCUT2D eigenvalue weighted by Gasteiger charge is 2.31. The van der Waals surface area contributed by atoms with Crippen LogP contribution in [-0.2, 0) is 0 Å². The van der Waals surface area contributed by atoms with Crippen LogP contribution in [0.4, 0.5) is 0 Å². The van der Waals surface area contributed by atoms with E-state index in [0.717, 1.165) is 18.5 Å². The molecule has 2 heteroatoms. The van der Waals surface area contributed by atoms with Crippen LogP contribution in [0.1, 0.15) is 67.2 Å². The van der Waals surface area contributed by atoms with Gasteiger partial charge in [0.2, 0.25) is 0 Å². The van der Waals surface area contributed by atoms with E-state index in [2.05, 4.69) is 51.8 Å². The Morgan fingerprint density at radius 1 is 1.26 bits per heavy atom. The Labute approximate surface area is 121 Å². The fourth-order valence-electron chi connectivity index (χ4n) is 3.37. The average Bonchev–Trinajstić information content (AvgIpc) is 2.32. The lowest BCUT2D eigenvalue weighted by Gasteiger charge is -2.43. The highest BCUT2D eigenvalue weighted by molar-refractivity contribution is 4.86. The SMILES string of the molecule is CCCC(C)(CNC(C)C)CN1CC(C)CCC1C. The average molecular weight is 268 g/mol. The third-order valence-corrected chi connectivity index (χ3v) is 4.62. The Bertz CT molecular complexity index is 252. The number of nitrogens with zero attached hydrogens (tertiary/aromatic N) is 1. The third kappa shape index (κ3) is 5.83. The van der Waals surface area contributed by atoms with Gasteiger partial charge >= 0.3 is 0 Å². The van der Waals surface area contributed by atoms with E-state index in [0.29, 0.717) is 11.5 Å². The lowest BCUT2D eigenvalue weighted by Crippen LogP contribution is -2.49. The van der Waals surface area contributed by atoms with Crippen molar-refractivity contribution in [1.29, 1.82) is 0 Å². The molecule has 1 N–H and O–H groups in total. The van der Waals surface area contributed by atoms with E-state index in [1.165, 1.54) is 38.8 Å². The number of hydrogen-bond donors (Lipinski definition) is 1. The quantitative estimate of drug-likeness (QED) is 0.753. The fraction of sp³-hybridized carbons (Fsp3) is 1.00. The number of hydrogen-bond acceptors (Lipinski definition) is 2. The molecule has 1 heterocycles. The maximum absolute atomic E-state index is 3.66. The van der Waals surface area contributed by atoms with Gasteiger partial charge in [-0.15, -0.1) is 0 Å². The van der Waals surface area contributed by atoms with Gasteiger partial charge in [0.1, 0.15) is 0 Å². The molecule has 2 nitrogen and oxygen atoms in total. The molecule has 1 aliphatic rings. The molecule has 3 unspecified atom stereocenters. The second kappa shape index (κ2) is 7.64. The van der Waals surface area contributed by atoms with Crippen LogP contribution in [0.5, 0.6) is 0 Å². The highest BCUT2D eigenvalue weighted by atomic mass is 15.2. The van der Waals surface area contributed by atoms with Crippen LogP contribution in [0, 0.1) is 11.3 Å². The van der Waals surface area contributed by atoms with Crippen molar-refractivity contribution in [3.8, 4) is 0 Å². The monoisotopic (exact) mass is 268 g/mol. The molecule has 19 heavy (non-hydrogen) atoms. The van der Waals surface area contributed by atoms with Gasteiger partial charge in [0.15, 0.2) is 0 Å². The molecular weight excluding hydrogens is 232 g/mol. The number of piperidine rings is 1. The molecule has 1 rings (SSSR count). The molecule has 1 fully saturated rings. The van der Waals surface area contributed by atoms with E-state index in [1.807, 2.05) is 0 Å². The number of likely N-dealkylation sites (tertiary alicyclic amines) is 1. The molecule has 0 spiro atoms. The predicted molar refractivity (Wildman–Crippen MR) is 85.6 cm³/mol. The van der Waals surface area contributed by atoms with Crippen LogP contribution >= 0.6 is 0 Å². The molecule has 0 saturated carbocycles. The first-order valence-corrected chi connectivity index (χ1v) is 8.33. The standard InChI is InChI=1S/C17H36N2/c1-7-10-17(6,12-18-14(2)3)13-19-11-15(4)8-9-16(19)5/h14-16,18H,7-13H2,1-6H3. The van der Waals surface area contributed by atoms with Gasteiger partial charge < -0.3 is 5.32 Å². The first-order chi connectivity index (χ1) is 8.86. The van der Waals surface area contributed by atoms with Crippen molar-refractivity contribution in [3.63, 3.8) is 0 Å². The molecular formula is C17H36N2. The van der Waals surface area contributed by atoms with E-state index < -0.39 is 0 Å². The summed E-state index contributed by atoms with van der Waals surface area (Å²) >= 11 is 0. The maximum atomic E-state index is 3.66. The molecule has 1 aliphatic heterocycles. The zero-order valence-corrected chi connectivity index (χ0v) is 14.1. The highest BCUT2D eigenvalue weighted by Crippen LogP contribution is 2.29. The Morgan fingerprint density at radius 2 is 1.95 bits per heavy atom. The van der Waals surface area contributed by atoms with E-state index in [9.17, 15) is 0 Å². The summed E-state index contributed by atoms with van der Waals surface area (Å²) in [6, 6.07) is 1.36. The topological polar surface area (TPSA) is 15.3 Å². The number of nitrogens with one attached hydrogen (secondary N) is 1. The second-order valence-corrected chi connectivity index (χ2v) is 7.56. The summed E-state index contributed by atoms with van der Waals surface area (Å²) < 4.78 is 0. The maximum Gasteiger partial charge on any atom is 0.00673 e. The summed E-state index contributed by atoms with van der Waals surface area (Å²) in [5.41, 5.74) is 0.421. The molecule has 0 aliphatic carbocycles. The Hall–Kier alpha value is -0.0800. The molecule has 0 amide bonds. The van der Waals surface area contributed by atoms with E-state index in [-0.39, 0.29) is 0 Å². The van der Waals surface area contributed by atoms with Crippen LogP contribution in [-0.4, -0.2) is 36.6 Å². The zero-order chi connectivity index (χ0) is 14.5. The van der Waals surface area contributed by atoms with E-state index in [1.54, 1.807) is 0 Å². The molecule has 1 saturated heterocycles. The minimum Gasteiger partial charge on any atom is -0.314 e. The number of rotatable bonds is 7. The van der Waals surface area contributed by atoms with Gasteiger partial charge in [-0.25, -0.2) is 0 Å². The molecule has 3 atom stereocenters. The van der Waals surface area contributed by atoms with Crippen molar-refractivity contribution in [2.75, 3.05) is 19.6 Å². The summed E-state index contributed by atoms with van der Waals surface area (Å²) in [7, 11) is 0. The zero-order valence-electron chi connectivity index (χ0n) is 14.1. The van der Waals surface area contributed by atoms with E-state index >= 15 is 0 Å². The van der Waals surface area contributed by atoms with Gasteiger partial charge in [-0.05, 0) is 37.5 Å². The Kier molecular flexibility index (Phi) is 6.82. The van der Waals surface area contributed by atoms with E-state index in [4.69, 9.17) is 0 Å². The van der Waals surface area contributed by atoms with Crippen LogP contribution in [0.3, 0.4) is 0 Å². The van der Waals surface area contributed by atoms with Crippen LogP contribution in [0.2, 0.25) is 0 Å². The smallest absolute Gasteiger partial charge is 0.00673 e. The van der Waals surface area contributed by atoms with Crippen molar-refractivity contribution in [3.05, 3.63) is 0 Å². The largest absolute Gasteiger partial charge is 0.314 e. The van der Waals surface area contributed by atoms with Crippen LogP contribution in [0.25, 0.3) is 0 Å². The van der Waals surface area contributed by atoms with Gasteiger partial charge in [0.25, 0.3) is 0 Å². The lowest BCUT2D eigenvalue weighted by atomic mass is 9.82. The molecule has 114 valence electrons. The summed E-state index contributed by atoms with van der Waals surface area (Å²) in [5.74, 6) is 0.875. The Morgan fingerprint density at radius 3 is 2.53 bits per heavy atom. The van der Waals surface area contributed by atoms with Gasteiger partial charge in [0.05, 0.1) is 0 Å². The Balaban J connectivity index is 2.59. The first kappa shape index (κ1) is 17.0. The first-order valence-electron chi connectivity index (χ1n) is 8.33. The molecule has 0 bridgehead atoms. The van der Waals surface area contributed by atoms with Crippen LogP contribution < -0.4 is 5.32 Å². The van der Waals surface area contributed by atoms with Crippen LogP contribution in [0.15, 0.2) is 0 Å². The molecule has 0 aromatic rings. The van der Waals surface area contributed by atoms with Crippen molar-refractivity contribution in [2.24, 2.45) is 11.3 Å². The summed E-state index contributed by atoms with van der Waals surface area (Å²) in [5, 5.41) is 3.66. The second-order valence-electron chi connectivity index (χ2n) is 7.56. The van der Waals surface area contributed by atoms with Crippen molar-refractivity contribution in [1.82, 2.24) is 10.2 Å². The van der Waals surface area contributed by atoms with Gasteiger partial charge in [-0.1, -0.05) is 41.0 Å². The van der Waals surface area contributed by atoms with Crippen molar-refractivity contribution in [2.45, 2.75) is 79.3 Å². The summed E-state index contributed by atoms with van der Waals surface area (Å²) in [6.45, 7) is 17.8. The summed E-state index contributed by atoms with van der Waals surface area (Å²) in [6.07, 6.45) is 5.39. The minimum atomic E-state index is 0.421. The molecule has 0 radical (unpaired) electrons. The molecule has 0 aromatic carbocycles. The minimum absolute atomic E-state index is 0.421. The molecule has 0 aromatic heterocycles. The van der Waals surface area contributed by atoms with Gasteiger partial charge in [-0.3, -0.25) is 4.90 Å². The third-order valence-electron chi connectivity index (χ3n) is 4.62. The van der Waals surface area contributed by atoms with Crippen molar-refractivity contribution < 1.29 is 0 Å². The lowest BCUT2D eigenvalue weighted by molar-refractivity contribution is 0.0675. The van der Waals surface area contributed by atoms with Gasteiger partial charge in [0, 0.05) is 31.7 Å². The van der Waals surface area contributed by atoms with Crippen molar-refractivity contribution >= 4 is 0 Å². The fourth-order valence-corrected chi connectivity index (χ4v) is 3.37. The van der Waals surface area contributed by atoms with Gasteiger partial charge in [-0.2, -0.15) is 0 Å². The normalized spacial score (nSPS) is 28.6. The summed E-state index contributed by atoms with van der Waals surface area (Å²) in [4.78, 5) is 2.74.